The zero-order valence-electron chi connectivity index (χ0n) is 37.4. The van der Waals surface area contributed by atoms with Crippen molar-refractivity contribution in [2.24, 2.45) is 56.7 Å². The molecule has 0 spiro atoms. The predicted octanol–water partition coefficient (Wildman–Crippen LogP) is 0.813. The second kappa shape index (κ2) is 17.3. The standard InChI is InChI=1S/C46H74O17/c1-21(2)22-9-14-45(41(56)57)15-16-46(20-48)23(30(22)45)7-8-28-43(5)12-11-29(42(3,4)27(43)10-13-44(28,46)6)61-39-35(55)36(33(53)26(17-47)60-39)62-40-37(32(52)25(50)19-59-40)63-38-34(54)31(51)24(49)18-58-38/h22-40,47-55H,1,7-20H2,2-6H3,(H,56,57)/t22-,23+,24+,25-,26+,27-,28+,29-,30+,31+,32-,33+,34-,35+,36-,37+,38-,39-,40-,43-,44+,45-,46-/m0/s1. The van der Waals surface area contributed by atoms with Crippen LogP contribution in [0.25, 0.3) is 0 Å². The maximum Gasteiger partial charge on any atom is 0.309 e. The number of rotatable bonds is 10. The molecule has 0 aromatic carbocycles. The largest absolute Gasteiger partial charge is 0.481 e. The van der Waals surface area contributed by atoms with Gasteiger partial charge in [-0.25, -0.2) is 0 Å². The SMILES string of the molecule is C=C(C)[C@@H]1CC[C@]2(C(=O)O)CC[C@]3(CO)[C@H](CC[C@@H]4[C@@]5(C)CC[C@H](O[C@@H]6O[C@H](CO)[C@@H](O)[C@H](O[C@@H]7OC[C@H](O)[C@H](O)[C@H]7O[C@@H]7OC[C@@H](O)[C@@H](O)[C@@H]7O)[C@H]6O)C(C)(C)[C@@H]5CC[C@]43C)[C@@H]12. The Balaban J connectivity index is 1.00. The summed E-state index contributed by atoms with van der Waals surface area (Å²) in [5.41, 5.74) is -1.03. The molecule has 0 aromatic rings. The summed E-state index contributed by atoms with van der Waals surface area (Å²) >= 11 is 0. The Morgan fingerprint density at radius 1 is 0.683 bits per heavy atom. The molecule has 3 heterocycles. The first-order valence-corrected chi connectivity index (χ1v) is 23.4. The summed E-state index contributed by atoms with van der Waals surface area (Å²) in [4.78, 5) is 13.1. The molecule has 17 nitrogen and oxygen atoms in total. The van der Waals surface area contributed by atoms with Crippen LogP contribution >= 0.6 is 0 Å². The van der Waals surface area contributed by atoms with Crippen molar-refractivity contribution < 1.29 is 84.3 Å². The van der Waals surface area contributed by atoms with Crippen LogP contribution in [0.5, 0.6) is 0 Å². The average molecular weight is 899 g/mol. The van der Waals surface area contributed by atoms with E-state index in [0.29, 0.717) is 25.7 Å². The fourth-order valence-electron chi connectivity index (χ4n) is 15.6. The highest BCUT2D eigenvalue weighted by Crippen LogP contribution is 2.77. The smallest absolute Gasteiger partial charge is 0.309 e. The van der Waals surface area contributed by atoms with E-state index >= 15 is 0 Å². The maximum atomic E-state index is 13.1. The lowest BCUT2D eigenvalue weighted by molar-refractivity contribution is -0.379. The third-order valence-corrected chi connectivity index (χ3v) is 19.0. The molecular weight excluding hydrogens is 824 g/mol. The topological polar surface area (TPSA) is 275 Å². The van der Waals surface area contributed by atoms with Crippen molar-refractivity contribution in [3.05, 3.63) is 12.2 Å². The molecule has 23 atom stereocenters. The van der Waals surface area contributed by atoms with Crippen LogP contribution in [-0.4, -0.2) is 169 Å². The fourth-order valence-corrected chi connectivity index (χ4v) is 15.6. The molecule has 360 valence electrons. The Morgan fingerprint density at radius 3 is 2.00 bits per heavy atom. The number of ether oxygens (including phenoxy) is 6. The van der Waals surface area contributed by atoms with Crippen LogP contribution in [0, 0.1) is 56.7 Å². The van der Waals surface area contributed by atoms with Gasteiger partial charge >= 0.3 is 5.97 Å². The Kier molecular flexibility index (Phi) is 13.2. The van der Waals surface area contributed by atoms with E-state index < -0.39 is 128 Å². The molecule has 5 aliphatic carbocycles. The summed E-state index contributed by atoms with van der Waals surface area (Å²) in [6.07, 6.45) is -12.9. The first kappa shape index (κ1) is 48.1. The molecular formula is C46H74O17. The van der Waals surface area contributed by atoms with Gasteiger partial charge in [-0.3, -0.25) is 4.79 Å². The van der Waals surface area contributed by atoms with Crippen LogP contribution in [0.15, 0.2) is 12.2 Å². The molecule has 0 aromatic heterocycles. The molecule has 0 unspecified atom stereocenters. The van der Waals surface area contributed by atoms with Gasteiger partial charge in [0.2, 0.25) is 0 Å². The van der Waals surface area contributed by atoms with Crippen LogP contribution in [0.2, 0.25) is 0 Å². The second-order valence-corrected chi connectivity index (χ2v) is 21.9. The summed E-state index contributed by atoms with van der Waals surface area (Å²) in [5.74, 6) is -0.157. The molecule has 0 bridgehead atoms. The van der Waals surface area contributed by atoms with Crippen molar-refractivity contribution in [3.8, 4) is 0 Å². The van der Waals surface area contributed by atoms with Gasteiger partial charge in [0.25, 0.3) is 0 Å². The van der Waals surface area contributed by atoms with E-state index in [2.05, 4.69) is 34.3 Å². The van der Waals surface area contributed by atoms with E-state index in [-0.39, 0.29) is 47.0 Å². The summed E-state index contributed by atoms with van der Waals surface area (Å²) in [5, 5.41) is 108. The third kappa shape index (κ3) is 7.32. The first-order valence-electron chi connectivity index (χ1n) is 23.4. The Hall–Kier alpha value is -1.39. The highest BCUT2D eigenvalue weighted by Gasteiger charge is 2.73. The summed E-state index contributed by atoms with van der Waals surface area (Å²) < 4.78 is 35.7. The quantitative estimate of drug-likeness (QED) is 0.107. The van der Waals surface area contributed by atoms with E-state index in [0.717, 1.165) is 44.1 Å². The van der Waals surface area contributed by atoms with E-state index in [1.807, 2.05) is 6.92 Å². The van der Waals surface area contributed by atoms with Crippen LogP contribution in [0.3, 0.4) is 0 Å². The fraction of sp³-hybridized carbons (Fsp3) is 0.935. The number of aliphatic carboxylic acids is 1. The minimum Gasteiger partial charge on any atom is -0.481 e. The van der Waals surface area contributed by atoms with Crippen molar-refractivity contribution in [1.29, 1.82) is 0 Å². The van der Waals surface area contributed by atoms with Gasteiger partial charge in [-0.15, -0.1) is 0 Å². The van der Waals surface area contributed by atoms with E-state index in [9.17, 15) is 55.9 Å². The molecule has 17 heteroatoms. The molecule has 8 aliphatic rings. The molecule has 5 saturated carbocycles. The summed E-state index contributed by atoms with van der Waals surface area (Å²) in [7, 11) is 0. The average Bonchev–Trinajstić information content (AvgIpc) is 3.65. The molecule has 3 saturated heterocycles. The third-order valence-electron chi connectivity index (χ3n) is 19.0. The van der Waals surface area contributed by atoms with Crippen LogP contribution < -0.4 is 0 Å². The second-order valence-electron chi connectivity index (χ2n) is 21.9. The van der Waals surface area contributed by atoms with Crippen LogP contribution in [0.4, 0.5) is 0 Å². The van der Waals surface area contributed by atoms with Gasteiger partial charge in [0.1, 0.15) is 61.0 Å². The number of aliphatic hydroxyl groups excluding tert-OH is 9. The van der Waals surface area contributed by atoms with E-state index in [4.69, 9.17) is 28.4 Å². The predicted molar refractivity (Wildman–Crippen MR) is 220 cm³/mol. The Morgan fingerprint density at radius 2 is 1.35 bits per heavy atom. The van der Waals surface area contributed by atoms with Crippen molar-refractivity contribution in [2.75, 3.05) is 26.4 Å². The van der Waals surface area contributed by atoms with Gasteiger partial charge in [0.05, 0.1) is 31.3 Å². The summed E-state index contributed by atoms with van der Waals surface area (Å²) in [6.45, 7) is 14.0. The molecule has 10 N–H and O–H groups in total. The van der Waals surface area contributed by atoms with Crippen molar-refractivity contribution in [1.82, 2.24) is 0 Å². The lowest BCUT2D eigenvalue weighted by atomic mass is 9.32. The molecule has 63 heavy (non-hydrogen) atoms. The zero-order valence-corrected chi connectivity index (χ0v) is 37.4. The van der Waals surface area contributed by atoms with Crippen LogP contribution in [0.1, 0.15) is 98.8 Å². The normalized spacial score (nSPS) is 54.3. The minimum absolute atomic E-state index is 0.0234. The van der Waals surface area contributed by atoms with Gasteiger partial charge < -0.3 is 79.5 Å². The highest BCUT2D eigenvalue weighted by molar-refractivity contribution is 5.76. The monoisotopic (exact) mass is 898 g/mol. The van der Waals surface area contributed by atoms with Crippen molar-refractivity contribution >= 4 is 5.97 Å². The van der Waals surface area contributed by atoms with Crippen LogP contribution in [-0.2, 0) is 33.2 Å². The van der Waals surface area contributed by atoms with Gasteiger partial charge in [0, 0.05) is 12.0 Å². The van der Waals surface area contributed by atoms with Gasteiger partial charge in [-0.2, -0.15) is 0 Å². The highest BCUT2D eigenvalue weighted by atomic mass is 16.8. The van der Waals surface area contributed by atoms with Gasteiger partial charge in [-0.05, 0) is 117 Å². The van der Waals surface area contributed by atoms with E-state index in [1.165, 1.54) is 0 Å². The lowest BCUT2D eigenvalue weighted by Gasteiger charge is -2.73. The molecule has 0 radical (unpaired) electrons. The van der Waals surface area contributed by atoms with Gasteiger partial charge in [-0.1, -0.05) is 39.8 Å². The zero-order chi connectivity index (χ0) is 45.8. The number of carboxylic acids is 1. The number of hydrogen-bond donors (Lipinski definition) is 10. The number of aliphatic hydroxyl groups is 9. The minimum atomic E-state index is -1.74. The summed E-state index contributed by atoms with van der Waals surface area (Å²) in [6, 6.07) is 0. The maximum absolute atomic E-state index is 13.1. The van der Waals surface area contributed by atoms with Crippen molar-refractivity contribution in [3.63, 3.8) is 0 Å². The number of hydrogen-bond acceptors (Lipinski definition) is 16. The Labute approximate surface area is 369 Å². The molecule has 3 aliphatic heterocycles. The van der Waals surface area contributed by atoms with E-state index in [1.54, 1.807) is 0 Å². The lowest BCUT2D eigenvalue weighted by Crippen LogP contribution is -2.69. The molecule has 0 amide bonds. The number of carboxylic acid groups (broad SMARTS) is 1. The van der Waals surface area contributed by atoms with Crippen molar-refractivity contribution in [2.45, 2.75) is 185 Å². The van der Waals surface area contributed by atoms with Gasteiger partial charge in [0.15, 0.2) is 18.9 Å². The number of carbonyl (C=O) groups is 1. The number of fused-ring (bicyclic) bond motifs is 7. The first-order chi connectivity index (χ1) is 29.6. The molecule has 8 rings (SSSR count). The molecule has 8 fully saturated rings. The number of allylic oxidation sites excluding steroid dienone is 1. The Bertz CT molecular complexity index is 1680.